The standard InChI is InChI=1S/C22H30N4O3/c1-3-29-19-14-16(10-11-18(19)28-2)22(27)25-12-7-8-17(15-25)21-24-23-20-9-5-4-6-13-26(20)21/h10-11,14,17H,3-9,12-13,15H2,1-2H3. The molecule has 156 valence electrons. The molecule has 29 heavy (non-hydrogen) atoms. The lowest BCUT2D eigenvalue weighted by atomic mass is 9.96. The first-order valence-electron chi connectivity index (χ1n) is 10.7. The Bertz CT molecular complexity index is 864. The van der Waals surface area contributed by atoms with E-state index in [0.29, 0.717) is 30.2 Å². The Kier molecular flexibility index (Phi) is 6.02. The van der Waals surface area contributed by atoms with E-state index < -0.39 is 0 Å². The van der Waals surface area contributed by atoms with Crippen LogP contribution in [0.3, 0.4) is 0 Å². The number of hydrogen-bond acceptors (Lipinski definition) is 5. The molecule has 2 aromatic rings. The number of ether oxygens (including phenoxy) is 2. The van der Waals surface area contributed by atoms with Crippen LogP contribution in [0.1, 0.15) is 67.0 Å². The molecular formula is C22H30N4O3. The highest BCUT2D eigenvalue weighted by molar-refractivity contribution is 5.95. The van der Waals surface area contributed by atoms with Crippen LogP contribution in [0.25, 0.3) is 0 Å². The van der Waals surface area contributed by atoms with Crippen molar-refractivity contribution in [2.75, 3.05) is 26.8 Å². The lowest BCUT2D eigenvalue weighted by Gasteiger charge is -2.32. The summed E-state index contributed by atoms with van der Waals surface area (Å²) in [7, 11) is 1.61. The second-order valence-corrected chi connectivity index (χ2v) is 7.83. The Morgan fingerprint density at radius 1 is 1.14 bits per heavy atom. The monoisotopic (exact) mass is 398 g/mol. The van der Waals surface area contributed by atoms with Crippen molar-refractivity contribution in [2.24, 2.45) is 0 Å². The fourth-order valence-electron chi connectivity index (χ4n) is 4.44. The molecule has 0 bridgehead atoms. The van der Waals surface area contributed by atoms with Crippen LogP contribution in [-0.2, 0) is 13.0 Å². The molecule has 1 amide bonds. The number of nitrogens with zero attached hydrogens (tertiary/aromatic N) is 4. The minimum Gasteiger partial charge on any atom is -0.493 e. The van der Waals surface area contributed by atoms with Gasteiger partial charge in [-0.15, -0.1) is 10.2 Å². The summed E-state index contributed by atoms with van der Waals surface area (Å²) >= 11 is 0. The van der Waals surface area contributed by atoms with Gasteiger partial charge in [0.05, 0.1) is 13.7 Å². The maximum atomic E-state index is 13.2. The molecular weight excluding hydrogens is 368 g/mol. The highest BCUT2D eigenvalue weighted by Crippen LogP contribution is 2.31. The first kappa shape index (κ1) is 19.7. The highest BCUT2D eigenvalue weighted by Gasteiger charge is 2.30. The average molecular weight is 399 g/mol. The smallest absolute Gasteiger partial charge is 0.254 e. The highest BCUT2D eigenvalue weighted by atomic mass is 16.5. The minimum atomic E-state index is 0.0360. The second-order valence-electron chi connectivity index (χ2n) is 7.83. The fourth-order valence-corrected chi connectivity index (χ4v) is 4.44. The Morgan fingerprint density at radius 2 is 2.03 bits per heavy atom. The maximum Gasteiger partial charge on any atom is 0.254 e. The molecule has 4 rings (SSSR count). The normalized spacial score (nSPS) is 19.4. The number of carbonyl (C=O) groups excluding carboxylic acids is 1. The number of likely N-dealkylation sites (tertiary alicyclic amines) is 1. The molecule has 1 unspecified atom stereocenters. The summed E-state index contributed by atoms with van der Waals surface area (Å²) in [4.78, 5) is 15.1. The van der Waals surface area contributed by atoms with Gasteiger partial charge in [0.25, 0.3) is 5.91 Å². The summed E-state index contributed by atoms with van der Waals surface area (Å²) < 4.78 is 13.3. The van der Waals surface area contributed by atoms with Crippen molar-refractivity contribution in [2.45, 2.75) is 57.9 Å². The maximum absolute atomic E-state index is 13.2. The zero-order valence-corrected chi connectivity index (χ0v) is 17.4. The lowest BCUT2D eigenvalue weighted by Crippen LogP contribution is -2.39. The molecule has 0 spiro atoms. The Labute approximate surface area is 172 Å². The van der Waals surface area contributed by atoms with Crippen molar-refractivity contribution in [3.05, 3.63) is 35.4 Å². The summed E-state index contributed by atoms with van der Waals surface area (Å²) in [6.45, 7) is 4.90. The molecule has 1 fully saturated rings. The molecule has 7 heteroatoms. The van der Waals surface area contributed by atoms with Crippen molar-refractivity contribution < 1.29 is 14.3 Å². The molecule has 0 radical (unpaired) electrons. The number of methoxy groups -OCH3 is 1. The van der Waals surface area contributed by atoms with Gasteiger partial charge in [0, 0.05) is 37.5 Å². The Balaban J connectivity index is 1.52. The first-order chi connectivity index (χ1) is 14.2. The van der Waals surface area contributed by atoms with Crippen LogP contribution in [0.2, 0.25) is 0 Å². The third kappa shape index (κ3) is 4.09. The van der Waals surface area contributed by atoms with Crippen LogP contribution in [0.5, 0.6) is 11.5 Å². The lowest BCUT2D eigenvalue weighted by molar-refractivity contribution is 0.0702. The van der Waals surface area contributed by atoms with E-state index >= 15 is 0 Å². The first-order valence-corrected chi connectivity index (χ1v) is 10.7. The summed E-state index contributed by atoms with van der Waals surface area (Å²) in [6, 6.07) is 5.41. The van der Waals surface area contributed by atoms with Crippen LogP contribution in [0, 0.1) is 0 Å². The molecule has 1 atom stereocenters. The summed E-state index contributed by atoms with van der Waals surface area (Å²) in [5.74, 6) is 3.70. The van der Waals surface area contributed by atoms with E-state index in [1.165, 1.54) is 19.3 Å². The summed E-state index contributed by atoms with van der Waals surface area (Å²) in [5, 5.41) is 8.98. The largest absolute Gasteiger partial charge is 0.493 e. The minimum absolute atomic E-state index is 0.0360. The van der Waals surface area contributed by atoms with E-state index in [0.717, 1.165) is 44.0 Å². The number of piperidine rings is 1. The average Bonchev–Trinajstić information content (AvgIpc) is 3.01. The van der Waals surface area contributed by atoms with Gasteiger partial charge in [0.2, 0.25) is 0 Å². The van der Waals surface area contributed by atoms with Crippen molar-refractivity contribution in [1.29, 1.82) is 0 Å². The van der Waals surface area contributed by atoms with Crippen LogP contribution < -0.4 is 9.47 Å². The number of aryl methyl sites for hydroxylation is 1. The summed E-state index contributed by atoms with van der Waals surface area (Å²) in [5.41, 5.74) is 0.634. The zero-order chi connectivity index (χ0) is 20.2. The van der Waals surface area contributed by atoms with E-state index in [1.54, 1.807) is 19.2 Å². The quantitative estimate of drug-likeness (QED) is 0.772. The molecule has 0 aliphatic carbocycles. The molecule has 3 heterocycles. The Morgan fingerprint density at radius 3 is 2.86 bits per heavy atom. The van der Waals surface area contributed by atoms with E-state index in [9.17, 15) is 4.79 Å². The molecule has 1 aromatic heterocycles. The van der Waals surface area contributed by atoms with Gasteiger partial charge < -0.3 is 18.9 Å². The van der Waals surface area contributed by atoms with Crippen molar-refractivity contribution in [1.82, 2.24) is 19.7 Å². The number of amides is 1. The molecule has 2 aliphatic rings. The van der Waals surface area contributed by atoms with Gasteiger partial charge in [0.1, 0.15) is 11.6 Å². The van der Waals surface area contributed by atoms with Crippen LogP contribution in [0.4, 0.5) is 0 Å². The van der Waals surface area contributed by atoms with Crippen LogP contribution in [0.15, 0.2) is 18.2 Å². The number of aromatic nitrogens is 3. The Hall–Kier alpha value is -2.57. The molecule has 0 N–H and O–H groups in total. The van der Waals surface area contributed by atoms with Gasteiger partial charge in [-0.25, -0.2) is 0 Å². The summed E-state index contributed by atoms with van der Waals surface area (Å²) in [6.07, 6.45) is 6.65. The molecule has 2 aliphatic heterocycles. The zero-order valence-electron chi connectivity index (χ0n) is 17.4. The number of benzene rings is 1. The van der Waals surface area contributed by atoms with Crippen LogP contribution in [-0.4, -0.2) is 52.4 Å². The van der Waals surface area contributed by atoms with E-state index in [4.69, 9.17) is 9.47 Å². The molecule has 1 aromatic carbocycles. The predicted octanol–water partition coefficient (Wildman–Crippen LogP) is 3.43. The number of rotatable bonds is 5. The van der Waals surface area contributed by atoms with Crippen molar-refractivity contribution in [3.8, 4) is 11.5 Å². The van der Waals surface area contributed by atoms with E-state index in [-0.39, 0.29) is 11.8 Å². The number of carbonyl (C=O) groups is 1. The van der Waals surface area contributed by atoms with Gasteiger partial charge in [-0.3, -0.25) is 4.79 Å². The number of fused-ring (bicyclic) bond motifs is 1. The number of hydrogen-bond donors (Lipinski definition) is 0. The third-order valence-electron chi connectivity index (χ3n) is 5.92. The molecule has 0 saturated carbocycles. The van der Waals surface area contributed by atoms with E-state index in [2.05, 4.69) is 14.8 Å². The second kappa shape index (κ2) is 8.84. The molecule has 7 nitrogen and oxygen atoms in total. The van der Waals surface area contributed by atoms with Gasteiger partial charge in [-0.05, 0) is 50.8 Å². The molecule has 1 saturated heterocycles. The predicted molar refractivity (Wildman–Crippen MR) is 110 cm³/mol. The topological polar surface area (TPSA) is 69.5 Å². The van der Waals surface area contributed by atoms with E-state index in [1.807, 2.05) is 17.9 Å². The van der Waals surface area contributed by atoms with Crippen LogP contribution >= 0.6 is 0 Å². The van der Waals surface area contributed by atoms with Crippen molar-refractivity contribution in [3.63, 3.8) is 0 Å². The SMILES string of the molecule is CCOc1cc(C(=O)N2CCCC(c3nnc4n3CCCCC4)C2)ccc1OC. The van der Waals surface area contributed by atoms with Gasteiger partial charge in [-0.2, -0.15) is 0 Å². The van der Waals surface area contributed by atoms with Crippen molar-refractivity contribution >= 4 is 5.91 Å². The van der Waals surface area contributed by atoms with Gasteiger partial charge in [-0.1, -0.05) is 6.42 Å². The van der Waals surface area contributed by atoms with Gasteiger partial charge >= 0.3 is 0 Å². The fraction of sp³-hybridized carbons (Fsp3) is 0.591. The third-order valence-corrected chi connectivity index (χ3v) is 5.92. The van der Waals surface area contributed by atoms with Gasteiger partial charge in [0.15, 0.2) is 11.5 Å².